The number of nitrogens with zero attached hydrogens (tertiary/aromatic N) is 7. The minimum absolute atomic E-state index is 0.0197. The number of carboxylic acids is 1. The van der Waals surface area contributed by atoms with Gasteiger partial charge in [-0.2, -0.15) is 41.4 Å². The Kier molecular flexibility index (Phi) is 10.6. The largest absolute Gasteiger partial charge is 0.490 e. The molecule has 0 saturated carbocycles. The number of carboxylic acid groups (broad SMARTS) is 1. The predicted molar refractivity (Wildman–Crippen MR) is 186 cm³/mol. The van der Waals surface area contributed by atoms with Crippen LogP contribution in [0, 0.1) is 12.7 Å². The van der Waals surface area contributed by atoms with Crippen molar-refractivity contribution in [3.8, 4) is 23.1 Å². The lowest BCUT2D eigenvalue weighted by Gasteiger charge is -2.35. The van der Waals surface area contributed by atoms with E-state index >= 15 is 4.39 Å². The topological polar surface area (TPSA) is 168 Å². The molecule has 4 N–H and O–H groups in total. The van der Waals surface area contributed by atoms with Crippen molar-refractivity contribution in [1.29, 1.82) is 0 Å². The van der Waals surface area contributed by atoms with Gasteiger partial charge in [-0.25, -0.2) is 19.2 Å². The van der Waals surface area contributed by atoms with E-state index in [9.17, 15) is 26.3 Å². The van der Waals surface area contributed by atoms with Gasteiger partial charge in [-0.05, 0) is 64.9 Å². The lowest BCUT2D eigenvalue weighted by molar-refractivity contribution is -0.192. The summed E-state index contributed by atoms with van der Waals surface area (Å²) < 4.78 is 105. The number of ether oxygens (including phenoxy) is 2. The molecule has 0 spiro atoms. The number of benzene rings is 1. The van der Waals surface area contributed by atoms with Crippen molar-refractivity contribution < 1.29 is 50.1 Å². The zero-order chi connectivity index (χ0) is 40.1. The summed E-state index contributed by atoms with van der Waals surface area (Å²) in [5.41, 5.74) is 4.64. The van der Waals surface area contributed by atoms with E-state index in [4.69, 9.17) is 41.7 Å². The molecule has 0 radical (unpaired) electrons. The molecule has 13 nitrogen and oxygen atoms in total. The van der Waals surface area contributed by atoms with E-state index < -0.39 is 53.0 Å². The summed E-state index contributed by atoms with van der Waals surface area (Å²) in [5.74, 6) is -3.52. The fourth-order valence-electron chi connectivity index (χ4n) is 6.83. The van der Waals surface area contributed by atoms with Crippen LogP contribution in [-0.2, 0) is 11.0 Å². The Morgan fingerprint density at radius 3 is 2.53 bits per heavy atom. The Hall–Kier alpha value is -5.24. The van der Waals surface area contributed by atoms with Crippen molar-refractivity contribution >= 4 is 51.0 Å². The normalized spacial score (nSPS) is 18.1. The van der Waals surface area contributed by atoms with Gasteiger partial charge in [0.2, 0.25) is 5.88 Å². The van der Waals surface area contributed by atoms with Crippen molar-refractivity contribution in [2.75, 3.05) is 37.4 Å². The molecule has 7 rings (SSSR count). The highest BCUT2D eigenvalue weighted by Gasteiger charge is 2.41. The molecule has 4 aromatic heterocycles. The number of likely N-dealkylation sites (N-methyl/N-ethyl adjacent to an activating group) is 1. The van der Waals surface area contributed by atoms with E-state index in [0.717, 1.165) is 19.4 Å². The first-order valence-electron chi connectivity index (χ1n) is 16.7. The van der Waals surface area contributed by atoms with Crippen LogP contribution in [0.5, 0.6) is 11.9 Å². The zero-order valence-electron chi connectivity index (χ0n) is 29.5. The number of aromatic nitrogens is 6. The van der Waals surface area contributed by atoms with Gasteiger partial charge in [-0.15, -0.1) is 0 Å². The SMILES string of the molecule is Cc1cc2[nH]ncc2c(-c2nc3c4c(nc(OC[C@@H]5CCCN5C)nc4c2F)N([C@H](C)c2cc(Cl)cnc2N)[C@@H](C)CO3)c1C(F)(F)F.O=C(O)C(F)(F)F. The maximum absolute atomic E-state index is 17.1. The number of hydrogen-bond donors (Lipinski definition) is 3. The Balaban J connectivity index is 0.000000672. The molecule has 1 fully saturated rings. The number of halogens is 8. The molecule has 6 heterocycles. The lowest BCUT2D eigenvalue weighted by atomic mass is 9.94. The van der Waals surface area contributed by atoms with E-state index in [2.05, 4.69) is 30.0 Å². The smallest absolute Gasteiger partial charge is 0.475 e. The molecule has 0 amide bonds. The summed E-state index contributed by atoms with van der Waals surface area (Å²) in [4.78, 5) is 30.8. The third-order valence-corrected chi connectivity index (χ3v) is 9.67. The summed E-state index contributed by atoms with van der Waals surface area (Å²) >= 11 is 6.30. The average Bonchev–Trinajstić information content (AvgIpc) is 3.71. The van der Waals surface area contributed by atoms with E-state index in [0.29, 0.717) is 10.6 Å². The van der Waals surface area contributed by atoms with E-state index in [1.165, 1.54) is 25.4 Å². The molecule has 294 valence electrons. The standard InChI is InChI=1S/C32H32ClF4N9O2.C2HF3O2/c1-14-8-21-20(11-40-44-21)22(24(14)32(35,36)37)26-25(34)27-23-29(43-31(42-27)48-13-18-6-5-7-45(18)4)46(15(2)12-47-30(23)41-26)16(3)19-9-17(33)10-39-28(19)38;3-2(4,5)1(6)7/h8-11,15-16,18H,5-7,12-13H2,1-4H3,(H2,38,39)(H,40,44);(H,6,7)/t15-,16+,18-;/m0./s1. The number of anilines is 2. The van der Waals surface area contributed by atoms with Gasteiger partial charge in [0, 0.05) is 28.8 Å². The molecule has 3 atom stereocenters. The van der Waals surface area contributed by atoms with E-state index in [1.807, 2.05) is 25.8 Å². The highest BCUT2D eigenvalue weighted by molar-refractivity contribution is 6.30. The first-order valence-corrected chi connectivity index (χ1v) is 17.1. The van der Waals surface area contributed by atoms with Crippen LogP contribution in [0.15, 0.2) is 24.5 Å². The van der Waals surface area contributed by atoms with Gasteiger partial charge in [-0.1, -0.05) is 11.6 Å². The molecular formula is C34H33ClF7N9O4. The molecule has 0 unspecified atom stereocenters. The number of aromatic amines is 1. The van der Waals surface area contributed by atoms with Gasteiger partial charge in [0.05, 0.1) is 34.4 Å². The molecule has 21 heteroatoms. The van der Waals surface area contributed by atoms with Gasteiger partial charge >= 0.3 is 24.3 Å². The number of H-pyrrole nitrogens is 1. The number of nitrogens with two attached hydrogens (primary N) is 1. The van der Waals surface area contributed by atoms with E-state index in [-0.39, 0.29) is 70.2 Å². The van der Waals surface area contributed by atoms with Crippen LogP contribution in [-0.4, -0.2) is 91.2 Å². The zero-order valence-corrected chi connectivity index (χ0v) is 30.2. The Morgan fingerprint density at radius 1 is 1.18 bits per heavy atom. The van der Waals surface area contributed by atoms with Gasteiger partial charge in [0.1, 0.15) is 41.4 Å². The molecule has 1 aromatic carbocycles. The van der Waals surface area contributed by atoms with Crippen molar-refractivity contribution in [1.82, 2.24) is 35.0 Å². The van der Waals surface area contributed by atoms with Crippen LogP contribution in [0.3, 0.4) is 0 Å². The van der Waals surface area contributed by atoms with Crippen molar-refractivity contribution in [2.24, 2.45) is 0 Å². The molecule has 55 heavy (non-hydrogen) atoms. The number of rotatable bonds is 6. The fraction of sp³-hybridized carbons (Fsp3) is 0.412. The molecule has 0 bridgehead atoms. The molecule has 5 aromatic rings. The number of pyridine rings is 2. The molecular weight excluding hydrogens is 767 g/mol. The quantitative estimate of drug-likeness (QED) is 0.149. The summed E-state index contributed by atoms with van der Waals surface area (Å²) in [6.45, 7) is 6.19. The predicted octanol–water partition coefficient (Wildman–Crippen LogP) is 7.12. The maximum atomic E-state index is 17.1. The number of aryl methyl sites for hydroxylation is 1. The van der Waals surface area contributed by atoms with E-state index in [1.54, 1.807) is 6.07 Å². The Labute approximate surface area is 312 Å². The number of likely N-dealkylation sites (tertiary alicyclic amines) is 1. The summed E-state index contributed by atoms with van der Waals surface area (Å²) in [5, 5.41) is 14.2. The summed E-state index contributed by atoms with van der Waals surface area (Å²) in [6, 6.07) is 2.02. The van der Waals surface area contributed by atoms with Gasteiger partial charge < -0.3 is 30.1 Å². The van der Waals surface area contributed by atoms with Gasteiger partial charge in [0.15, 0.2) is 5.82 Å². The third-order valence-electron chi connectivity index (χ3n) is 9.46. The number of nitrogens with one attached hydrogen (secondary N) is 1. The van der Waals surface area contributed by atoms with Gasteiger partial charge in [-0.3, -0.25) is 5.10 Å². The summed E-state index contributed by atoms with van der Waals surface area (Å²) in [6.07, 6.45) is -5.38. The number of alkyl halides is 6. The van der Waals surface area contributed by atoms with Crippen LogP contribution in [0.1, 0.15) is 49.4 Å². The first kappa shape index (κ1) is 39.5. The van der Waals surface area contributed by atoms with Crippen LogP contribution in [0.25, 0.3) is 33.1 Å². The highest BCUT2D eigenvalue weighted by Crippen LogP contribution is 2.47. The lowest BCUT2D eigenvalue weighted by Crippen LogP contribution is -2.39. The number of nitrogen functional groups attached to an aromatic ring is 1. The second-order valence-electron chi connectivity index (χ2n) is 13.2. The fourth-order valence-corrected chi connectivity index (χ4v) is 6.99. The minimum atomic E-state index is -5.08. The number of aliphatic carboxylic acids is 1. The Bertz CT molecular complexity index is 2270. The number of hydrogen-bond acceptors (Lipinski definition) is 11. The third kappa shape index (κ3) is 7.69. The van der Waals surface area contributed by atoms with Crippen molar-refractivity contribution in [3.63, 3.8) is 0 Å². The number of carbonyl (C=O) groups is 1. The van der Waals surface area contributed by atoms with Gasteiger partial charge in [0.25, 0.3) is 0 Å². The molecule has 2 aliphatic rings. The Morgan fingerprint density at radius 2 is 1.89 bits per heavy atom. The van der Waals surface area contributed by atoms with Crippen molar-refractivity contribution in [3.05, 3.63) is 52.1 Å². The second-order valence-corrected chi connectivity index (χ2v) is 13.6. The number of fused-ring (bicyclic) bond motifs is 1. The molecule has 0 aliphatic carbocycles. The van der Waals surface area contributed by atoms with Crippen LogP contribution in [0.4, 0.5) is 42.4 Å². The molecule has 2 aliphatic heterocycles. The van der Waals surface area contributed by atoms with Crippen molar-refractivity contribution in [2.45, 2.75) is 64.1 Å². The second kappa shape index (κ2) is 14.8. The van der Waals surface area contributed by atoms with Crippen LogP contribution < -0.4 is 20.1 Å². The molecule has 1 saturated heterocycles. The monoisotopic (exact) mass is 799 g/mol. The first-order chi connectivity index (χ1) is 25.8. The minimum Gasteiger partial charge on any atom is -0.475 e. The highest BCUT2D eigenvalue weighted by atomic mass is 35.5. The summed E-state index contributed by atoms with van der Waals surface area (Å²) in [7, 11) is 1.99. The van der Waals surface area contributed by atoms with Crippen LogP contribution in [0.2, 0.25) is 5.02 Å². The maximum Gasteiger partial charge on any atom is 0.490 e. The van der Waals surface area contributed by atoms with Crippen LogP contribution >= 0.6 is 11.6 Å². The average molecular weight is 800 g/mol.